The summed E-state index contributed by atoms with van der Waals surface area (Å²) in [5, 5.41) is 0. The molecule has 1 aromatic rings. The maximum atomic E-state index is 10.8. The van der Waals surface area contributed by atoms with Gasteiger partial charge in [0.1, 0.15) is 0 Å². The van der Waals surface area contributed by atoms with Crippen LogP contribution in [-0.2, 0) is 14.9 Å². The summed E-state index contributed by atoms with van der Waals surface area (Å²) in [4.78, 5) is 10.8. The van der Waals surface area contributed by atoms with Gasteiger partial charge in [-0.25, -0.2) is 4.79 Å². The Kier molecular flexibility index (Phi) is 5.58. The topological polar surface area (TPSA) is 80.7 Å². The van der Waals surface area contributed by atoms with E-state index < -0.39 is 10.1 Å². The molecule has 5 nitrogen and oxygen atoms in total. The second-order valence-corrected chi connectivity index (χ2v) is 4.06. The highest BCUT2D eigenvalue weighted by atomic mass is 32.2. The molecule has 0 aliphatic rings. The zero-order valence-corrected chi connectivity index (χ0v) is 9.19. The minimum absolute atomic E-state index is 0.291. The molecule has 0 bridgehead atoms. The Morgan fingerprint density at radius 2 is 1.67 bits per heavy atom. The second-order valence-electron chi connectivity index (χ2n) is 2.59. The van der Waals surface area contributed by atoms with Crippen molar-refractivity contribution in [3.8, 4) is 0 Å². The van der Waals surface area contributed by atoms with Gasteiger partial charge in [-0.2, -0.15) is 8.42 Å². The first kappa shape index (κ1) is 13.6. The fourth-order valence-electron chi connectivity index (χ4n) is 0.692. The van der Waals surface area contributed by atoms with Crippen molar-refractivity contribution in [2.75, 3.05) is 13.4 Å². The third-order valence-electron chi connectivity index (χ3n) is 1.19. The smallest absolute Gasteiger partial charge is 0.337 e. The number of carbonyl (C=O) groups is 1. The normalized spacial score (nSPS) is 9.80. The van der Waals surface area contributed by atoms with Gasteiger partial charge in [0, 0.05) is 0 Å². The Bertz CT molecular complexity index is 388. The lowest BCUT2D eigenvalue weighted by atomic mass is 10.2. The van der Waals surface area contributed by atoms with Crippen molar-refractivity contribution >= 4 is 16.1 Å². The van der Waals surface area contributed by atoms with E-state index in [0.717, 1.165) is 0 Å². The molecule has 0 aliphatic heterocycles. The van der Waals surface area contributed by atoms with Crippen LogP contribution in [0.15, 0.2) is 30.3 Å². The van der Waals surface area contributed by atoms with E-state index >= 15 is 0 Å². The number of hydrogen-bond acceptors (Lipinski definition) is 4. The summed E-state index contributed by atoms with van der Waals surface area (Å²) in [6.07, 6.45) is 0.715. The molecular formula is C9H12O5S. The van der Waals surface area contributed by atoms with Crippen molar-refractivity contribution < 1.29 is 22.5 Å². The first-order chi connectivity index (χ1) is 6.84. The van der Waals surface area contributed by atoms with Gasteiger partial charge in [0.2, 0.25) is 0 Å². The summed E-state index contributed by atoms with van der Waals surface area (Å²) in [6.45, 7) is 0. The highest BCUT2D eigenvalue weighted by molar-refractivity contribution is 7.85. The molecule has 0 spiro atoms. The molecule has 0 aromatic heterocycles. The van der Waals surface area contributed by atoms with Crippen LogP contribution in [0.25, 0.3) is 0 Å². The van der Waals surface area contributed by atoms with E-state index in [1.807, 2.05) is 6.07 Å². The average Bonchev–Trinajstić information content (AvgIpc) is 2.15. The lowest BCUT2D eigenvalue weighted by Crippen LogP contribution is -1.99. The molecule has 0 saturated carbocycles. The first-order valence-corrected chi connectivity index (χ1v) is 5.75. The standard InChI is InChI=1S/C8H8O2.CH4O3S/c1-10-8(9)7-5-3-2-4-6-7;1-5(2,3)4/h2-6H,1H3;1H3,(H,2,3,4). The minimum atomic E-state index is -3.67. The summed E-state index contributed by atoms with van der Waals surface area (Å²) in [7, 11) is -2.30. The van der Waals surface area contributed by atoms with Crippen molar-refractivity contribution in [1.29, 1.82) is 0 Å². The molecule has 0 aliphatic carbocycles. The molecule has 0 fully saturated rings. The van der Waals surface area contributed by atoms with E-state index in [0.29, 0.717) is 11.8 Å². The average molecular weight is 232 g/mol. The predicted octanol–water partition coefficient (Wildman–Crippen LogP) is 0.977. The van der Waals surface area contributed by atoms with Gasteiger partial charge in [-0.05, 0) is 12.1 Å². The molecule has 0 atom stereocenters. The van der Waals surface area contributed by atoms with Crippen LogP contribution in [0, 0.1) is 0 Å². The number of esters is 1. The molecule has 1 rings (SSSR count). The number of ether oxygens (including phenoxy) is 1. The van der Waals surface area contributed by atoms with Crippen LogP contribution in [0.3, 0.4) is 0 Å². The van der Waals surface area contributed by atoms with Gasteiger partial charge in [0.15, 0.2) is 0 Å². The molecule has 0 saturated heterocycles. The molecule has 1 N–H and O–H groups in total. The van der Waals surface area contributed by atoms with Gasteiger partial charge in [0.05, 0.1) is 18.9 Å². The van der Waals surface area contributed by atoms with Gasteiger partial charge in [-0.1, -0.05) is 18.2 Å². The quantitative estimate of drug-likeness (QED) is 0.576. The molecule has 0 unspecified atom stereocenters. The Morgan fingerprint density at radius 3 is 2.00 bits per heavy atom. The van der Waals surface area contributed by atoms with Crippen molar-refractivity contribution in [2.24, 2.45) is 0 Å². The van der Waals surface area contributed by atoms with E-state index in [9.17, 15) is 13.2 Å². The van der Waals surface area contributed by atoms with Crippen molar-refractivity contribution in [3.63, 3.8) is 0 Å². The Hall–Kier alpha value is -1.40. The van der Waals surface area contributed by atoms with E-state index in [1.54, 1.807) is 24.3 Å². The van der Waals surface area contributed by atoms with E-state index in [1.165, 1.54) is 7.11 Å². The van der Waals surface area contributed by atoms with Gasteiger partial charge in [-0.3, -0.25) is 4.55 Å². The van der Waals surface area contributed by atoms with Gasteiger partial charge in [-0.15, -0.1) is 0 Å². The third-order valence-corrected chi connectivity index (χ3v) is 1.19. The molecule has 1 aromatic carbocycles. The summed E-state index contributed by atoms with van der Waals surface area (Å²) in [5.41, 5.74) is 0.588. The minimum Gasteiger partial charge on any atom is -0.465 e. The summed E-state index contributed by atoms with van der Waals surface area (Å²) < 4.78 is 30.4. The van der Waals surface area contributed by atoms with Crippen LogP contribution in [0.1, 0.15) is 10.4 Å². The molecule has 84 valence electrons. The Labute approximate surface area is 88.4 Å². The van der Waals surface area contributed by atoms with Crippen LogP contribution < -0.4 is 0 Å². The van der Waals surface area contributed by atoms with Crippen LogP contribution in [0.4, 0.5) is 0 Å². The van der Waals surface area contributed by atoms with E-state index in [-0.39, 0.29) is 5.97 Å². The summed E-state index contributed by atoms with van der Waals surface area (Å²) in [5.74, 6) is -0.291. The van der Waals surface area contributed by atoms with Crippen LogP contribution in [-0.4, -0.2) is 32.3 Å². The first-order valence-electron chi connectivity index (χ1n) is 3.90. The summed E-state index contributed by atoms with van der Waals surface area (Å²) >= 11 is 0. The Balaban J connectivity index is 0.000000336. The van der Waals surface area contributed by atoms with Crippen molar-refractivity contribution in [3.05, 3.63) is 35.9 Å². The highest BCUT2D eigenvalue weighted by Gasteiger charge is 2.00. The Morgan fingerprint density at radius 1 is 1.27 bits per heavy atom. The van der Waals surface area contributed by atoms with E-state index in [4.69, 9.17) is 4.55 Å². The van der Waals surface area contributed by atoms with Crippen LogP contribution in [0.5, 0.6) is 0 Å². The van der Waals surface area contributed by atoms with Crippen molar-refractivity contribution in [2.45, 2.75) is 0 Å². The molecule has 0 heterocycles. The van der Waals surface area contributed by atoms with Gasteiger partial charge in [0.25, 0.3) is 10.1 Å². The SMILES string of the molecule is COC(=O)c1ccccc1.CS(=O)(=O)O. The van der Waals surface area contributed by atoms with Crippen LogP contribution >= 0.6 is 0 Å². The molecule has 0 amide bonds. The van der Waals surface area contributed by atoms with E-state index in [2.05, 4.69) is 4.74 Å². The lowest BCUT2D eigenvalue weighted by Gasteiger charge is -1.95. The third kappa shape index (κ3) is 8.92. The zero-order valence-electron chi connectivity index (χ0n) is 8.38. The maximum Gasteiger partial charge on any atom is 0.337 e. The zero-order chi connectivity index (χ0) is 11.9. The van der Waals surface area contributed by atoms with Gasteiger partial charge < -0.3 is 4.74 Å². The van der Waals surface area contributed by atoms with Crippen LogP contribution in [0.2, 0.25) is 0 Å². The fourth-order valence-corrected chi connectivity index (χ4v) is 0.692. The van der Waals surface area contributed by atoms with Crippen molar-refractivity contribution in [1.82, 2.24) is 0 Å². The summed E-state index contributed by atoms with van der Waals surface area (Å²) in [6, 6.07) is 8.88. The number of methoxy groups -OCH3 is 1. The lowest BCUT2D eigenvalue weighted by molar-refractivity contribution is 0.0600. The molecular weight excluding hydrogens is 220 g/mol. The number of rotatable bonds is 1. The number of hydrogen-bond donors (Lipinski definition) is 1. The highest BCUT2D eigenvalue weighted by Crippen LogP contribution is 1.98. The molecule has 15 heavy (non-hydrogen) atoms. The second kappa shape index (κ2) is 6.15. The van der Waals surface area contributed by atoms with Gasteiger partial charge >= 0.3 is 5.97 Å². The largest absolute Gasteiger partial charge is 0.465 e. The predicted molar refractivity (Wildman–Crippen MR) is 55.3 cm³/mol. The monoisotopic (exact) mass is 232 g/mol. The number of carbonyl (C=O) groups excluding carboxylic acids is 1. The fraction of sp³-hybridized carbons (Fsp3) is 0.222. The molecule has 0 radical (unpaired) electrons. The maximum absolute atomic E-state index is 10.8. The number of benzene rings is 1. The molecule has 6 heteroatoms.